The van der Waals surface area contributed by atoms with Crippen LogP contribution in [0.1, 0.15) is 22.8 Å². The summed E-state index contributed by atoms with van der Waals surface area (Å²) in [6, 6.07) is 12.1. The van der Waals surface area contributed by atoms with Crippen molar-refractivity contribution < 1.29 is 4.79 Å². The molecule has 0 aliphatic carbocycles. The number of alkyl halides is 3. The van der Waals surface area contributed by atoms with Gasteiger partial charge in [-0.25, -0.2) is 0 Å². The molecule has 0 aliphatic heterocycles. The normalized spacial score (nSPS) is 12.2. The summed E-state index contributed by atoms with van der Waals surface area (Å²) in [4.78, 5) is 12.6. The third-order valence-electron chi connectivity index (χ3n) is 3.70. The number of halogens is 5. The van der Waals surface area contributed by atoms with E-state index in [0.717, 1.165) is 17.7 Å². The van der Waals surface area contributed by atoms with Crippen molar-refractivity contribution in [1.29, 1.82) is 0 Å². The maximum atomic E-state index is 12.6. The Kier molecular flexibility index (Phi) is 8.49. The van der Waals surface area contributed by atoms with Crippen LogP contribution in [0.15, 0.2) is 42.5 Å². The third kappa shape index (κ3) is 6.55. The van der Waals surface area contributed by atoms with Crippen LogP contribution in [-0.2, 0) is 6.42 Å². The van der Waals surface area contributed by atoms with Crippen LogP contribution >= 0.6 is 70.2 Å². The molecule has 3 N–H and O–H groups in total. The van der Waals surface area contributed by atoms with Crippen LogP contribution in [0.2, 0.25) is 10.0 Å². The first-order chi connectivity index (χ1) is 13.1. The van der Waals surface area contributed by atoms with Crippen LogP contribution in [0.4, 0.5) is 5.69 Å². The molecule has 2 rings (SSSR count). The third-order valence-corrected chi connectivity index (χ3v) is 5.12. The minimum absolute atomic E-state index is 0.172. The number of carbonyl (C=O) groups excluding carboxylic acids is 1. The van der Waals surface area contributed by atoms with Gasteiger partial charge < -0.3 is 16.0 Å². The van der Waals surface area contributed by atoms with E-state index in [1.54, 1.807) is 0 Å². The summed E-state index contributed by atoms with van der Waals surface area (Å²) in [7, 11) is 0. The van der Waals surface area contributed by atoms with Crippen LogP contribution in [-0.4, -0.2) is 21.0 Å². The number of amides is 1. The van der Waals surface area contributed by atoms with E-state index in [1.165, 1.54) is 18.2 Å². The largest absolute Gasteiger partial charge is 0.339 e. The predicted molar refractivity (Wildman–Crippen MR) is 123 cm³/mol. The molecule has 0 fully saturated rings. The van der Waals surface area contributed by atoms with Gasteiger partial charge in [0.15, 0.2) is 5.11 Å². The number of nitrogens with one attached hydrogen (secondary N) is 3. The van der Waals surface area contributed by atoms with E-state index < -0.39 is 15.9 Å². The minimum Gasteiger partial charge on any atom is -0.339 e. The molecule has 0 saturated carbocycles. The van der Waals surface area contributed by atoms with Crippen LogP contribution in [0.3, 0.4) is 0 Å². The predicted octanol–water partition coefficient (Wildman–Crippen LogP) is 5.97. The molecule has 0 heterocycles. The number of benzene rings is 2. The van der Waals surface area contributed by atoms with Crippen LogP contribution in [0, 0.1) is 0 Å². The highest BCUT2D eigenvalue weighted by atomic mass is 35.6. The molecule has 0 spiro atoms. The van der Waals surface area contributed by atoms with Gasteiger partial charge in [0.05, 0.1) is 10.6 Å². The van der Waals surface area contributed by atoms with E-state index in [1.807, 2.05) is 31.2 Å². The van der Waals surface area contributed by atoms with Crippen molar-refractivity contribution in [1.82, 2.24) is 10.6 Å². The first-order valence-electron chi connectivity index (χ1n) is 8.10. The summed E-state index contributed by atoms with van der Waals surface area (Å²) in [6.45, 7) is 2.02. The number of para-hydroxylation sites is 1. The Morgan fingerprint density at radius 1 is 1.11 bits per heavy atom. The van der Waals surface area contributed by atoms with Crippen LogP contribution in [0.5, 0.6) is 0 Å². The lowest BCUT2D eigenvalue weighted by molar-refractivity contribution is 0.0934. The van der Waals surface area contributed by atoms with Crippen molar-refractivity contribution in [3.63, 3.8) is 0 Å². The van der Waals surface area contributed by atoms with Gasteiger partial charge in [-0.1, -0.05) is 83.1 Å². The molecule has 0 saturated heterocycles. The number of hydrogen-bond acceptors (Lipinski definition) is 2. The van der Waals surface area contributed by atoms with Crippen molar-refractivity contribution in [3.05, 3.63) is 63.6 Å². The second-order valence-corrected chi connectivity index (χ2v) is 9.30. The van der Waals surface area contributed by atoms with Crippen molar-refractivity contribution >= 4 is 86.9 Å². The highest BCUT2D eigenvalue weighted by molar-refractivity contribution is 7.80. The zero-order valence-electron chi connectivity index (χ0n) is 14.5. The molecule has 10 heteroatoms. The topological polar surface area (TPSA) is 53.2 Å². The smallest absolute Gasteiger partial charge is 0.254 e. The monoisotopic (exact) mass is 497 g/mol. The zero-order chi connectivity index (χ0) is 20.9. The van der Waals surface area contributed by atoms with Gasteiger partial charge in [0.25, 0.3) is 5.91 Å². The highest BCUT2D eigenvalue weighted by Gasteiger charge is 2.35. The van der Waals surface area contributed by atoms with Gasteiger partial charge >= 0.3 is 0 Å². The molecule has 0 radical (unpaired) electrons. The lowest BCUT2D eigenvalue weighted by atomic mass is 10.1. The van der Waals surface area contributed by atoms with Crippen molar-refractivity contribution in [3.8, 4) is 0 Å². The Bertz CT molecular complexity index is 873. The molecule has 1 unspecified atom stereocenters. The Labute approximate surface area is 193 Å². The van der Waals surface area contributed by atoms with Gasteiger partial charge in [-0.3, -0.25) is 4.79 Å². The molecule has 1 amide bonds. The molecular formula is C18H16Cl5N3OS. The number of carbonyl (C=O) groups is 1. The number of thiocarbonyl (C=S) groups is 1. The number of aryl methyl sites for hydroxylation is 1. The fraction of sp³-hybridized carbons (Fsp3) is 0.222. The molecular weight excluding hydrogens is 484 g/mol. The second-order valence-electron chi connectivity index (χ2n) is 5.68. The summed E-state index contributed by atoms with van der Waals surface area (Å²) < 4.78 is -1.88. The number of anilines is 1. The summed E-state index contributed by atoms with van der Waals surface area (Å²) in [5.41, 5.74) is 2.06. The molecule has 2 aromatic rings. The Balaban J connectivity index is 2.13. The highest BCUT2D eigenvalue weighted by Crippen LogP contribution is 2.30. The number of rotatable bonds is 5. The van der Waals surface area contributed by atoms with Gasteiger partial charge in [0.2, 0.25) is 3.79 Å². The zero-order valence-corrected chi connectivity index (χ0v) is 19.1. The van der Waals surface area contributed by atoms with Gasteiger partial charge in [-0.05, 0) is 48.5 Å². The molecule has 0 aromatic heterocycles. The number of hydrogen-bond donors (Lipinski definition) is 3. The van der Waals surface area contributed by atoms with Crippen molar-refractivity contribution in [2.75, 3.05) is 5.32 Å². The van der Waals surface area contributed by atoms with Gasteiger partial charge in [0, 0.05) is 10.7 Å². The van der Waals surface area contributed by atoms with E-state index in [-0.39, 0.29) is 15.7 Å². The van der Waals surface area contributed by atoms with Crippen molar-refractivity contribution in [2.45, 2.75) is 23.3 Å². The fourth-order valence-electron chi connectivity index (χ4n) is 2.32. The maximum Gasteiger partial charge on any atom is 0.254 e. The molecule has 2 aromatic carbocycles. The first-order valence-corrected chi connectivity index (χ1v) is 10.4. The standard InChI is InChI=1S/C18H16Cl5N3OS/c1-2-10-5-3-4-6-14(10)24-17(28)26-16(18(21,22)23)25-15(27)12-8-7-11(19)9-13(12)20/h3-9,16H,2H2,1H3,(H,25,27)(H2,24,26,28). The minimum atomic E-state index is -1.88. The molecule has 1 atom stereocenters. The molecule has 0 bridgehead atoms. The van der Waals surface area contributed by atoms with Gasteiger partial charge in [-0.2, -0.15) is 0 Å². The quantitative estimate of drug-likeness (QED) is 0.270. The summed E-state index contributed by atoms with van der Waals surface area (Å²) in [5, 5.41) is 9.19. The van der Waals surface area contributed by atoms with E-state index in [2.05, 4.69) is 16.0 Å². The van der Waals surface area contributed by atoms with E-state index >= 15 is 0 Å². The Morgan fingerprint density at radius 3 is 2.39 bits per heavy atom. The average molecular weight is 500 g/mol. The second kappa shape index (κ2) is 10.2. The summed E-state index contributed by atoms with van der Waals surface area (Å²) in [5.74, 6) is -0.553. The molecule has 28 heavy (non-hydrogen) atoms. The molecule has 150 valence electrons. The Hall–Kier alpha value is -0.950. The summed E-state index contributed by atoms with van der Waals surface area (Å²) in [6.07, 6.45) is -0.309. The van der Waals surface area contributed by atoms with Crippen molar-refractivity contribution in [2.24, 2.45) is 0 Å². The summed E-state index contributed by atoms with van der Waals surface area (Å²) >= 11 is 35.3. The fourth-order valence-corrected chi connectivity index (χ4v) is 3.37. The first kappa shape index (κ1) is 23.3. The van der Waals surface area contributed by atoms with Gasteiger partial charge in [-0.15, -0.1) is 0 Å². The molecule has 0 aliphatic rings. The Morgan fingerprint density at radius 2 is 1.79 bits per heavy atom. The maximum absolute atomic E-state index is 12.6. The SMILES string of the molecule is CCc1ccccc1NC(=S)NC(NC(=O)c1ccc(Cl)cc1Cl)C(Cl)(Cl)Cl. The van der Waals surface area contributed by atoms with Gasteiger partial charge in [0.1, 0.15) is 6.17 Å². The van der Waals surface area contributed by atoms with E-state index in [4.69, 9.17) is 70.2 Å². The van der Waals surface area contributed by atoms with Crippen LogP contribution in [0.25, 0.3) is 0 Å². The lowest BCUT2D eigenvalue weighted by Crippen LogP contribution is -2.56. The van der Waals surface area contributed by atoms with E-state index in [0.29, 0.717) is 5.02 Å². The molecule has 4 nitrogen and oxygen atoms in total. The average Bonchev–Trinajstić information content (AvgIpc) is 2.60. The lowest BCUT2D eigenvalue weighted by Gasteiger charge is -2.28. The van der Waals surface area contributed by atoms with E-state index in [9.17, 15) is 4.79 Å². The van der Waals surface area contributed by atoms with Crippen LogP contribution < -0.4 is 16.0 Å².